The third kappa shape index (κ3) is 3.15. The molecule has 2 aromatic carbocycles. The Labute approximate surface area is 121 Å². The van der Waals surface area contributed by atoms with E-state index in [1.165, 1.54) is 6.07 Å². The summed E-state index contributed by atoms with van der Waals surface area (Å²) in [5.74, 6) is 3.82. The van der Waals surface area contributed by atoms with Crippen molar-refractivity contribution in [1.29, 1.82) is 0 Å². The number of nitrogens with one attached hydrogen (secondary N) is 1. The topological polar surface area (TPSA) is 38.0 Å². The average Bonchev–Trinajstić information content (AvgIpc) is 2.44. The van der Waals surface area contributed by atoms with Gasteiger partial charge in [0, 0.05) is 5.02 Å². The molecule has 0 aromatic heterocycles. The third-order valence-electron chi connectivity index (χ3n) is 3.26. The Balaban J connectivity index is 2.28. The van der Waals surface area contributed by atoms with E-state index in [0.717, 1.165) is 17.2 Å². The highest BCUT2D eigenvalue weighted by molar-refractivity contribution is 6.31. The average molecular weight is 297 g/mol. The van der Waals surface area contributed by atoms with Crippen LogP contribution in [0, 0.1) is 18.6 Å². The van der Waals surface area contributed by atoms with E-state index in [2.05, 4.69) is 5.43 Å². The van der Waals surface area contributed by atoms with Crippen LogP contribution in [0.25, 0.3) is 0 Å². The molecule has 0 saturated heterocycles. The van der Waals surface area contributed by atoms with Gasteiger partial charge in [-0.2, -0.15) is 0 Å². The Morgan fingerprint density at radius 1 is 1.25 bits per heavy atom. The molecule has 106 valence electrons. The Bertz CT molecular complexity index is 617. The monoisotopic (exact) mass is 296 g/mol. The van der Waals surface area contributed by atoms with E-state index in [1.54, 1.807) is 12.1 Å². The van der Waals surface area contributed by atoms with Crippen molar-refractivity contribution in [3.8, 4) is 0 Å². The first-order valence-corrected chi connectivity index (χ1v) is 6.55. The van der Waals surface area contributed by atoms with Crippen LogP contribution in [0.4, 0.5) is 8.78 Å². The highest BCUT2D eigenvalue weighted by Gasteiger charge is 2.16. The molecule has 0 spiro atoms. The first kappa shape index (κ1) is 14.9. The summed E-state index contributed by atoms with van der Waals surface area (Å²) in [4.78, 5) is 0. The van der Waals surface area contributed by atoms with Gasteiger partial charge in [-0.3, -0.25) is 11.3 Å². The number of benzene rings is 2. The van der Waals surface area contributed by atoms with Crippen molar-refractivity contribution in [2.45, 2.75) is 19.4 Å². The molecule has 0 fully saturated rings. The Morgan fingerprint density at radius 3 is 2.65 bits per heavy atom. The minimum absolute atomic E-state index is 0.236. The van der Waals surface area contributed by atoms with Crippen molar-refractivity contribution in [3.63, 3.8) is 0 Å². The van der Waals surface area contributed by atoms with Crippen molar-refractivity contribution in [1.82, 2.24) is 5.43 Å². The molecular weight excluding hydrogens is 282 g/mol. The van der Waals surface area contributed by atoms with Crippen LogP contribution in [0.3, 0.4) is 0 Å². The first-order chi connectivity index (χ1) is 9.52. The number of aryl methyl sites for hydroxylation is 1. The van der Waals surface area contributed by atoms with Crippen molar-refractivity contribution in [2.24, 2.45) is 5.84 Å². The van der Waals surface area contributed by atoms with Crippen LogP contribution in [-0.2, 0) is 6.42 Å². The van der Waals surface area contributed by atoms with Crippen molar-refractivity contribution in [2.75, 3.05) is 0 Å². The van der Waals surface area contributed by atoms with Crippen LogP contribution in [0.15, 0.2) is 36.4 Å². The minimum atomic E-state index is -0.861. The summed E-state index contributed by atoms with van der Waals surface area (Å²) in [5.41, 5.74) is 4.65. The van der Waals surface area contributed by atoms with Crippen LogP contribution in [0.5, 0.6) is 0 Å². The lowest BCUT2D eigenvalue weighted by Crippen LogP contribution is -2.29. The maximum absolute atomic E-state index is 13.7. The number of hydrogen-bond donors (Lipinski definition) is 2. The molecule has 0 aliphatic heterocycles. The zero-order valence-electron chi connectivity index (χ0n) is 11.0. The van der Waals surface area contributed by atoms with E-state index >= 15 is 0 Å². The summed E-state index contributed by atoms with van der Waals surface area (Å²) in [7, 11) is 0. The molecule has 5 heteroatoms. The molecule has 0 aliphatic carbocycles. The maximum Gasteiger partial charge on any atom is 0.162 e. The number of halogens is 3. The van der Waals surface area contributed by atoms with Crippen molar-refractivity contribution >= 4 is 11.6 Å². The van der Waals surface area contributed by atoms with Crippen molar-refractivity contribution < 1.29 is 8.78 Å². The van der Waals surface area contributed by atoms with Crippen LogP contribution in [0.1, 0.15) is 22.7 Å². The quantitative estimate of drug-likeness (QED) is 0.667. The lowest BCUT2D eigenvalue weighted by Gasteiger charge is -2.17. The lowest BCUT2D eigenvalue weighted by molar-refractivity contribution is 0.481. The Hall–Kier alpha value is -1.49. The van der Waals surface area contributed by atoms with Gasteiger partial charge in [0.05, 0.1) is 6.04 Å². The van der Waals surface area contributed by atoms with Crippen LogP contribution >= 0.6 is 11.6 Å². The second-order valence-corrected chi connectivity index (χ2v) is 5.05. The second kappa shape index (κ2) is 6.31. The molecule has 2 rings (SSSR count). The van der Waals surface area contributed by atoms with Gasteiger partial charge in [-0.1, -0.05) is 35.9 Å². The predicted octanol–water partition coefficient (Wildman–Crippen LogP) is 3.67. The van der Waals surface area contributed by atoms with Gasteiger partial charge in [0.1, 0.15) is 0 Å². The summed E-state index contributed by atoms with van der Waals surface area (Å²) in [6.45, 7) is 1.89. The zero-order chi connectivity index (χ0) is 14.7. The molecule has 0 aliphatic rings. The lowest BCUT2D eigenvalue weighted by atomic mass is 9.98. The number of rotatable bonds is 4. The van der Waals surface area contributed by atoms with Gasteiger partial charge < -0.3 is 0 Å². The van der Waals surface area contributed by atoms with E-state index < -0.39 is 11.6 Å². The molecule has 2 aromatic rings. The molecule has 0 radical (unpaired) electrons. The molecule has 0 amide bonds. The smallest absolute Gasteiger partial charge is 0.162 e. The van der Waals surface area contributed by atoms with E-state index in [-0.39, 0.29) is 18.0 Å². The number of nitrogens with two attached hydrogens (primary N) is 1. The van der Waals surface area contributed by atoms with E-state index in [9.17, 15) is 8.78 Å². The van der Waals surface area contributed by atoms with Gasteiger partial charge in [-0.25, -0.2) is 8.78 Å². The highest BCUT2D eigenvalue weighted by Crippen LogP contribution is 2.25. The molecule has 0 bridgehead atoms. The summed E-state index contributed by atoms with van der Waals surface area (Å²) >= 11 is 6.07. The predicted molar refractivity (Wildman–Crippen MR) is 76.3 cm³/mol. The van der Waals surface area contributed by atoms with Gasteiger partial charge in [0.2, 0.25) is 0 Å². The van der Waals surface area contributed by atoms with Gasteiger partial charge in [-0.05, 0) is 42.2 Å². The molecule has 3 N–H and O–H groups in total. The zero-order valence-corrected chi connectivity index (χ0v) is 11.7. The standard InChI is InChI=1S/C15H15ClF2N2/c1-9-5-6-10(7-12(9)16)14(20-19)8-11-3-2-4-13(17)15(11)18/h2-7,14,20H,8,19H2,1H3. The van der Waals surface area contributed by atoms with E-state index in [1.807, 2.05) is 19.1 Å². The SMILES string of the molecule is Cc1ccc(C(Cc2cccc(F)c2F)NN)cc1Cl. The fraction of sp³-hybridized carbons (Fsp3) is 0.200. The Morgan fingerprint density at radius 2 is 2.00 bits per heavy atom. The molecule has 0 saturated carbocycles. The van der Waals surface area contributed by atoms with E-state index in [0.29, 0.717) is 5.02 Å². The first-order valence-electron chi connectivity index (χ1n) is 6.18. The normalized spacial score (nSPS) is 12.4. The largest absolute Gasteiger partial charge is 0.271 e. The highest BCUT2D eigenvalue weighted by atomic mass is 35.5. The fourth-order valence-electron chi connectivity index (χ4n) is 2.02. The van der Waals surface area contributed by atoms with Crippen LogP contribution in [0.2, 0.25) is 5.02 Å². The van der Waals surface area contributed by atoms with Crippen molar-refractivity contribution in [3.05, 3.63) is 69.7 Å². The minimum Gasteiger partial charge on any atom is -0.271 e. The van der Waals surface area contributed by atoms with Crippen LogP contribution < -0.4 is 11.3 Å². The summed E-state index contributed by atoms with van der Waals surface area (Å²) < 4.78 is 26.9. The van der Waals surface area contributed by atoms with Gasteiger partial charge >= 0.3 is 0 Å². The fourth-order valence-corrected chi connectivity index (χ4v) is 2.21. The maximum atomic E-state index is 13.7. The molecule has 2 nitrogen and oxygen atoms in total. The number of hydrazine groups is 1. The summed E-state index contributed by atoms with van der Waals surface area (Å²) in [6, 6.07) is 9.27. The number of hydrogen-bond acceptors (Lipinski definition) is 2. The molecule has 0 heterocycles. The Kier molecular flexibility index (Phi) is 4.70. The molecular formula is C15H15ClF2N2. The van der Waals surface area contributed by atoms with Gasteiger partial charge in [-0.15, -0.1) is 0 Å². The summed E-state index contributed by atoms with van der Waals surface area (Å²) in [6.07, 6.45) is 0.236. The van der Waals surface area contributed by atoms with Gasteiger partial charge in [0.15, 0.2) is 11.6 Å². The van der Waals surface area contributed by atoms with E-state index in [4.69, 9.17) is 17.4 Å². The summed E-state index contributed by atoms with van der Waals surface area (Å²) in [5, 5.41) is 0.613. The molecule has 1 atom stereocenters. The molecule has 20 heavy (non-hydrogen) atoms. The second-order valence-electron chi connectivity index (χ2n) is 4.64. The van der Waals surface area contributed by atoms with Gasteiger partial charge in [0.25, 0.3) is 0 Å². The van der Waals surface area contributed by atoms with Crippen LogP contribution in [-0.4, -0.2) is 0 Å². The molecule has 1 unspecified atom stereocenters. The third-order valence-corrected chi connectivity index (χ3v) is 3.66.